The van der Waals surface area contributed by atoms with Crippen LogP contribution in [-0.2, 0) is 10.9 Å². The summed E-state index contributed by atoms with van der Waals surface area (Å²) in [6.45, 7) is 7.22. The van der Waals surface area contributed by atoms with Crippen LogP contribution in [0.5, 0.6) is 11.5 Å². The monoisotopic (exact) mass is 812 g/mol. The molecule has 2 aromatic heterocycles. The second-order valence-electron chi connectivity index (χ2n) is 10.0. The average Bonchev–Trinajstić information content (AvgIpc) is 3.42. The number of pyridine rings is 2. The first-order valence-corrected chi connectivity index (χ1v) is 16.5. The molecule has 0 bridgehead atoms. The summed E-state index contributed by atoms with van der Waals surface area (Å²) in [6.07, 6.45) is -8.52. The Kier molecular flexibility index (Phi) is 13.9. The van der Waals surface area contributed by atoms with Crippen molar-refractivity contribution < 1.29 is 54.9 Å². The SMILES string of the molecule is CC.CCC(=O)c1nc(-c2cc(C(=O)OC)cc3c2OC(F)(F)O3)ccc1Cl.CCC(=O)c1nc(-c2cc(F)c(C(F)(F)F)cc2Cl)c(Cl)cc1Cl. The molecule has 0 saturated carbocycles. The molecule has 278 valence electrons. The number of halogens is 10. The highest BCUT2D eigenvalue weighted by molar-refractivity contribution is 6.39. The zero-order valence-electron chi connectivity index (χ0n) is 27.6. The third-order valence-electron chi connectivity index (χ3n) is 6.76. The molecule has 2 aromatic carbocycles. The van der Waals surface area contributed by atoms with Gasteiger partial charge in [-0.25, -0.2) is 19.2 Å². The van der Waals surface area contributed by atoms with Gasteiger partial charge in [-0.2, -0.15) is 13.2 Å². The van der Waals surface area contributed by atoms with Crippen LogP contribution < -0.4 is 9.47 Å². The predicted octanol–water partition coefficient (Wildman–Crippen LogP) is 11.6. The summed E-state index contributed by atoms with van der Waals surface area (Å²) in [5, 5.41) is -0.368. The molecule has 0 aliphatic carbocycles. The summed E-state index contributed by atoms with van der Waals surface area (Å²) >= 11 is 23.7. The molecule has 0 unspecified atom stereocenters. The fraction of sp³-hybridized carbons (Fsp3) is 0.265. The van der Waals surface area contributed by atoms with Crippen LogP contribution in [0.15, 0.2) is 42.5 Å². The molecular weight excluding hydrogens is 788 g/mol. The second-order valence-corrected chi connectivity index (χ2v) is 11.7. The van der Waals surface area contributed by atoms with Crippen LogP contribution in [0.3, 0.4) is 0 Å². The van der Waals surface area contributed by atoms with Crippen molar-refractivity contribution >= 4 is 63.9 Å². The summed E-state index contributed by atoms with van der Waals surface area (Å²) in [4.78, 5) is 43.7. The first-order valence-electron chi connectivity index (χ1n) is 15.0. The van der Waals surface area contributed by atoms with Crippen LogP contribution in [0.2, 0.25) is 20.1 Å². The van der Waals surface area contributed by atoms with E-state index >= 15 is 0 Å². The summed E-state index contributed by atoms with van der Waals surface area (Å²) in [7, 11) is 1.15. The van der Waals surface area contributed by atoms with E-state index in [1.165, 1.54) is 24.3 Å². The number of carbonyl (C=O) groups is 3. The van der Waals surface area contributed by atoms with Gasteiger partial charge in [-0.1, -0.05) is 74.1 Å². The van der Waals surface area contributed by atoms with Gasteiger partial charge >= 0.3 is 18.4 Å². The third kappa shape index (κ3) is 9.46. The molecule has 0 saturated heterocycles. The Labute approximate surface area is 312 Å². The lowest BCUT2D eigenvalue weighted by molar-refractivity contribution is -0.286. The van der Waals surface area contributed by atoms with Crippen LogP contribution in [0.4, 0.5) is 26.3 Å². The quantitative estimate of drug-likeness (QED) is 0.103. The molecule has 8 nitrogen and oxygen atoms in total. The number of hydrogen-bond donors (Lipinski definition) is 0. The molecule has 1 aliphatic heterocycles. The molecular formula is C34H26Cl4F6N2O6. The van der Waals surface area contributed by atoms with Crippen LogP contribution in [0.25, 0.3) is 22.5 Å². The summed E-state index contributed by atoms with van der Waals surface area (Å²) in [5.41, 5.74) is -1.81. The average molecular weight is 814 g/mol. The lowest BCUT2D eigenvalue weighted by atomic mass is 10.0. The normalized spacial score (nSPS) is 12.6. The van der Waals surface area contributed by atoms with Crippen LogP contribution >= 0.6 is 46.4 Å². The zero-order valence-corrected chi connectivity index (χ0v) is 30.6. The number of ketones is 2. The van der Waals surface area contributed by atoms with Crippen LogP contribution in [0.1, 0.15) is 77.4 Å². The van der Waals surface area contributed by atoms with Crippen molar-refractivity contribution in [3.05, 3.63) is 90.9 Å². The second kappa shape index (κ2) is 17.1. The zero-order chi connectivity index (χ0) is 39.3. The lowest BCUT2D eigenvalue weighted by Crippen LogP contribution is -2.26. The van der Waals surface area contributed by atoms with Gasteiger partial charge in [0, 0.05) is 24.0 Å². The van der Waals surface area contributed by atoms with E-state index in [1.807, 2.05) is 13.8 Å². The summed E-state index contributed by atoms with van der Waals surface area (Å²) in [6, 6.07) is 7.42. The number of fused-ring (bicyclic) bond motifs is 1. The van der Waals surface area contributed by atoms with E-state index in [-0.39, 0.29) is 84.7 Å². The molecule has 18 heteroatoms. The highest BCUT2D eigenvalue weighted by Gasteiger charge is 2.45. The molecule has 1 aliphatic rings. The number of benzene rings is 2. The molecule has 5 rings (SSSR count). The molecule has 52 heavy (non-hydrogen) atoms. The number of carbonyl (C=O) groups excluding carboxylic acids is 3. The number of Topliss-reactive ketones (excluding diaryl/α,β-unsaturated/α-hetero) is 2. The number of hydrogen-bond acceptors (Lipinski definition) is 8. The van der Waals surface area contributed by atoms with E-state index in [2.05, 4.69) is 24.2 Å². The maximum atomic E-state index is 13.8. The number of methoxy groups -OCH3 is 1. The molecule has 0 fully saturated rings. The van der Waals surface area contributed by atoms with E-state index in [0.29, 0.717) is 12.1 Å². The minimum Gasteiger partial charge on any atom is -0.465 e. The van der Waals surface area contributed by atoms with Crippen molar-refractivity contribution in [3.63, 3.8) is 0 Å². The van der Waals surface area contributed by atoms with Crippen molar-refractivity contribution in [2.24, 2.45) is 0 Å². The van der Waals surface area contributed by atoms with Gasteiger partial charge in [0.05, 0.1) is 49.7 Å². The maximum absolute atomic E-state index is 13.8. The molecule has 3 heterocycles. The molecule has 0 atom stereocenters. The Morgan fingerprint density at radius 2 is 1.38 bits per heavy atom. The number of alkyl halides is 5. The fourth-order valence-corrected chi connectivity index (χ4v) is 5.43. The first-order chi connectivity index (χ1) is 24.3. The van der Waals surface area contributed by atoms with E-state index in [9.17, 15) is 40.7 Å². The van der Waals surface area contributed by atoms with Crippen molar-refractivity contribution in [1.82, 2.24) is 9.97 Å². The molecule has 4 aromatic rings. The van der Waals surface area contributed by atoms with Gasteiger partial charge in [0.2, 0.25) is 0 Å². The van der Waals surface area contributed by atoms with Crippen molar-refractivity contribution in [2.75, 3.05) is 7.11 Å². The Bertz CT molecular complexity index is 2030. The van der Waals surface area contributed by atoms with E-state index < -0.39 is 40.6 Å². The molecule has 0 spiro atoms. The van der Waals surface area contributed by atoms with Gasteiger partial charge in [-0.15, -0.1) is 8.78 Å². The molecule has 0 radical (unpaired) electrons. The van der Waals surface area contributed by atoms with Crippen molar-refractivity contribution in [2.45, 2.75) is 53.0 Å². The maximum Gasteiger partial charge on any atom is 0.586 e. The number of ether oxygens (including phenoxy) is 3. The smallest absolute Gasteiger partial charge is 0.465 e. The molecule has 0 N–H and O–H groups in total. The Morgan fingerprint density at radius 1 is 0.788 bits per heavy atom. The van der Waals surface area contributed by atoms with Gasteiger partial charge in [-0.3, -0.25) is 9.59 Å². The van der Waals surface area contributed by atoms with E-state index in [4.69, 9.17) is 46.4 Å². The summed E-state index contributed by atoms with van der Waals surface area (Å²) in [5.74, 6) is -3.65. The highest BCUT2D eigenvalue weighted by atomic mass is 35.5. The van der Waals surface area contributed by atoms with Crippen LogP contribution in [0, 0.1) is 5.82 Å². The summed E-state index contributed by atoms with van der Waals surface area (Å²) < 4.78 is 92.6. The minimum atomic E-state index is -4.90. The number of nitrogens with zero attached hydrogens (tertiary/aromatic N) is 2. The van der Waals surface area contributed by atoms with Crippen LogP contribution in [-0.4, -0.2) is 40.9 Å². The Hall–Kier alpha value is -4.11. The Morgan fingerprint density at radius 3 is 1.94 bits per heavy atom. The topological polar surface area (TPSA) is 105 Å². The molecule has 0 amide bonds. The minimum absolute atomic E-state index is 0.00503. The number of rotatable bonds is 7. The fourth-order valence-electron chi connectivity index (χ4n) is 4.40. The highest BCUT2D eigenvalue weighted by Crippen LogP contribution is 2.48. The standard InChI is InChI=1S/C17H12ClF2NO5.C15H8Cl3F4NO.C2H6/c1-3-12(22)14-10(18)4-5-11(21-14)9-6-8(16(23)24-2)7-13-15(9)26-17(19,20)25-13;1-2-12(24)14-10(18)5-9(17)13(23-14)6-3-11(19)7(4-8(6)16)15(20,21)22;1-2/h4-7H,3H2,1-2H3;3-5H,2H2,1H3;1-2H3. The first kappa shape index (κ1) is 42.3. The van der Waals surface area contributed by atoms with Crippen molar-refractivity contribution in [1.29, 1.82) is 0 Å². The largest absolute Gasteiger partial charge is 0.586 e. The van der Waals surface area contributed by atoms with Gasteiger partial charge in [0.1, 0.15) is 17.2 Å². The third-order valence-corrected chi connectivity index (χ3v) is 7.96. The van der Waals surface area contributed by atoms with Gasteiger partial charge < -0.3 is 14.2 Å². The van der Waals surface area contributed by atoms with Gasteiger partial charge in [0.25, 0.3) is 0 Å². The van der Waals surface area contributed by atoms with E-state index in [0.717, 1.165) is 13.2 Å². The van der Waals surface area contributed by atoms with Gasteiger partial charge in [0.15, 0.2) is 23.1 Å². The lowest BCUT2D eigenvalue weighted by Gasteiger charge is -2.13. The van der Waals surface area contributed by atoms with Crippen molar-refractivity contribution in [3.8, 4) is 34.0 Å². The predicted molar refractivity (Wildman–Crippen MR) is 182 cm³/mol. The Balaban J connectivity index is 0.000000269. The van der Waals surface area contributed by atoms with Gasteiger partial charge in [-0.05, 0) is 42.5 Å². The number of esters is 1. The van der Waals surface area contributed by atoms with E-state index in [1.54, 1.807) is 13.8 Å². The number of aromatic nitrogens is 2.